The van der Waals surface area contributed by atoms with Crippen LogP contribution in [0.15, 0.2) is 24.3 Å². The van der Waals surface area contributed by atoms with E-state index in [2.05, 4.69) is 58.9 Å². The number of carbonyl (C=O) groups excluding carboxylic acids is 3. The van der Waals surface area contributed by atoms with Gasteiger partial charge in [-0.05, 0) is 32.4 Å². The number of carbonyl (C=O) groups is 3. The summed E-state index contributed by atoms with van der Waals surface area (Å²) in [7, 11) is 0. The van der Waals surface area contributed by atoms with E-state index in [4.69, 9.17) is 16.3 Å². The molecule has 0 fully saturated rings. The van der Waals surface area contributed by atoms with E-state index in [1.54, 1.807) is 28.8 Å². The Hall–Kier alpha value is -3.60. The highest BCUT2D eigenvalue weighted by atomic mass is 35.5. The van der Waals surface area contributed by atoms with E-state index >= 15 is 0 Å². The number of unbranched alkanes of at least 4 members (excludes halogenated alkanes) is 6. The highest BCUT2D eigenvalue weighted by Gasteiger charge is 2.44. The van der Waals surface area contributed by atoms with Crippen LogP contribution in [0, 0.1) is 0 Å². The minimum atomic E-state index is -0.775. The Morgan fingerprint density at radius 2 is 1.53 bits per heavy atom. The van der Waals surface area contributed by atoms with Crippen molar-refractivity contribution in [2.24, 2.45) is 0 Å². The van der Waals surface area contributed by atoms with Crippen molar-refractivity contribution in [3.8, 4) is 5.75 Å². The van der Waals surface area contributed by atoms with Gasteiger partial charge in [0.05, 0.1) is 11.4 Å². The Balaban J connectivity index is 1.50. The molecule has 0 radical (unpaired) electrons. The number of benzene rings is 1. The zero-order valence-electron chi connectivity index (χ0n) is 29.4. The number of ether oxygens (including phenoxy) is 1. The molecule has 0 saturated heterocycles. The molecule has 0 unspecified atom stereocenters. The van der Waals surface area contributed by atoms with Crippen LogP contribution in [0.4, 0.5) is 5.69 Å². The van der Waals surface area contributed by atoms with Crippen LogP contribution in [-0.4, -0.2) is 56.2 Å². The third-order valence-electron chi connectivity index (χ3n) is 8.83. The van der Waals surface area contributed by atoms with Crippen molar-refractivity contribution in [2.45, 2.75) is 130 Å². The Morgan fingerprint density at radius 1 is 0.872 bits per heavy atom. The summed E-state index contributed by atoms with van der Waals surface area (Å²) in [6, 6.07) is 6.94. The summed E-state index contributed by atoms with van der Waals surface area (Å²) < 4.78 is 7.64. The second-order valence-corrected chi connectivity index (χ2v) is 14.7. The first kappa shape index (κ1) is 37.9. The molecule has 3 rings (SSSR count). The molecule has 3 amide bonds. The number of para-hydroxylation sites is 2. The van der Waals surface area contributed by atoms with E-state index in [0.717, 1.165) is 25.0 Å². The van der Waals surface area contributed by atoms with Gasteiger partial charge in [0.15, 0.2) is 18.1 Å². The van der Waals surface area contributed by atoms with Crippen molar-refractivity contribution in [3.63, 3.8) is 0 Å². The molecule has 47 heavy (non-hydrogen) atoms. The molecule has 0 atom stereocenters. The SMILES string of the molecule is CCCCCCCCCC(=O)NCCC(=O)Nc1ccccc1OCC(=O)NC(C)(C)C(C)(C)c1nnc2c(Cl)c(C(C)(C)C)[nH]n12. The van der Waals surface area contributed by atoms with E-state index in [9.17, 15) is 14.4 Å². The molecule has 1 aromatic carbocycles. The van der Waals surface area contributed by atoms with Gasteiger partial charge in [-0.1, -0.05) is 104 Å². The molecule has 0 spiro atoms. The van der Waals surface area contributed by atoms with Crippen molar-refractivity contribution in [3.05, 3.63) is 40.8 Å². The van der Waals surface area contributed by atoms with Crippen LogP contribution in [0.5, 0.6) is 5.75 Å². The number of aromatic amines is 1. The number of hydrogen-bond acceptors (Lipinski definition) is 6. The number of aromatic nitrogens is 4. The van der Waals surface area contributed by atoms with Crippen LogP contribution >= 0.6 is 11.6 Å². The highest BCUT2D eigenvalue weighted by molar-refractivity contribution is 6.34. The number of fused-ring (bicyclic) bond motifs is 1. The molecule has 12 heteroatoms. The van der Waals surface area contributed by atoms with E-state index in [0.29, 0.717) is 34.4 Å². The fourth-order valence-electron chi connectivity index (χ4n) is 5.23. The summed E-state index contributed by atoms with van der Waals surface area (Å²) in [6.45, 7) is 16.2. The Kier molecular flexibility index (Phi) is 13.3. The van der Waals surface area contributed by atoms with Gasteiger partial charge in [0, 0.05) is 35.8 Å². The standard InChI is InChI=1S/C35H54ClN7O4/c1-9-10-11-12-13-14-15-20-26(44)37-22-21-27(45)38-24-18-16-17-19-25(24)47-23-28(46)39-35(7,8)34(5,6)32-41-40-31-29(36)30(33(2,3)4)42-43(31)32/h16-19,42H,9-15,20-23H2,1-8H3,(H,37,44)(H,38,45)(H,39,46). The second-order valence-electron chi connectivity index (χ2n) is 14.3. The maximum absolute atomic E-state index is 13.2. The zero-order valence-corrected chi connectivity index (χ0v) is 30.2. The lowest BCUT2D eigenvalue weighted by Crippen LogP contribution is -2.57. The van der Waals surface area contributed by atoms with Gasteiger partial charge in [0.1, 0.15) is 10.8 Å². The molecule has 0 saturated carbocycles. The first-order chi connectivity index (χ1) is 22.1. The fourth-order valence-corrected chi connectivity index (χ4v) is 5.67. The average Bonchev–Trinajstić information content (AvgIpc) is 3.56. The first-order valence-electron chi connectivity index (χ1n) is 16.8. The summed E-state index contributed by atoms with van der Waals surface area (Å²) >= 11 is 6.64. The van der Waals surface area contributed by atoms with Crippen LogP contribution in [0.1, 0.15) is 125 Å². The van der Waals surface area contributed by atoms with Crippen molar-refractivity contribution in [1.29, 1.82) is 0 Å². The monoisotopic (exact) mass is 671 g/mol. The number of halogens is 1. The van der Waals surface area contributed by atoms with Gasteiger partial charge in [0.2, 0.25) is 11.8 Å². The van der Waals surface area contributed by atoms with Crippen molar-refractivity contribution < 1.29 is 19.1 Å². The third kappa shape index (κ3) is 10.2. The van der Waals surface area contributed by atoms with Gasteiger partial charge < -0.3 is 20.7 Å². The van der Waals surface area contributed by atoms with E-state index < -0.39 is 11.0 Å². The van der Waals surface area contributed by atoms with Gasteiger partial charge in [0.25, 0.3) is 5.91 Å². The number of rotatable bonds is 18. The number of nitrogens with one attached hydrogen (secondary N) is 4. The summed E-state index contributed by atoms with van der Waals surface area (Å²) in [6.07, 6.45) is 8.64. The quantitative estimate of drug-likeness (QED) is 0.109. The normalized spacial score (nSPS) is 12.3. The lowest BCUT2D eigenvalue weighted by atomic mass is 9.73. The van der Waals surface area contributed by atoms with E-state index in [1.807, 2.05) is 27.7 Å². The van der Waals surface area contributed by atoms with Crippen LogP contribution in [-0.2, 0) is 25.2 Å². The fraction of sp³-hybridized carbons (Fsp3) is 0.629. The second kappa shape index (κ2) is 16.5. The Morgan fingerprint density at radius 3 is 2.21 bits per heavy atom. The lowest BCUT2D eigenvalue weighted by molar-refractivity contribution is -0.125. The Labute approximate surface area is 284 Å². The minimum absolute atomic E-state index is 0.0352. The minimum Gasteiger partial charge on any atom is -0.482 e. The van der Waals surface area contributed by atoms with Gasteiger partial charge in [-0.3, -0.25) is 19.5 Å². The molecule has 2 heterocycles. The molecule has 4 N–H and O–H groups in total. The molecule has 0 aliphatic carbocycles. The van der Waals surface area contributed by atoms with Crippen molar-refractivity contribution in [1.82, 2.24) is 30.4 Å². The molecule has 0 bridgehead atoms. The molecular weight excluding hydrogens is 618 g/mol. The molecular formula is C35H54ClN7O4. The van der Waals surface area contributed by atoms with Gasteiger partial charge in [-0.25, -0.2) is 4.52 Å². The average molecular weight is 672 g/mol. The summed E-state index contributed by atoms with van der Waals surface area (Å²) in [5.74, 6) is 0.355. The predicted molar refractivity (Wildman–Crippen MR) is 187 cm³/mol. The van der Waals surface area contributed by atoms with Crippen LogP contribution < -0.4 is 20.7 Å². The lowest BCUT2D eigenvalue weighted by Gasteiger charge is -2.40. The summed E-state index contributed by atoms with van der Waals surface area (Å²) in [4.78, 5) is 37.9. The maximum Gasteiger partial charge on any atom is 0.258 e. The number of H-pyrrole nitrogens is 1. The van der Waals surface area contributed by atoms with E-state index in [-0.39, 0.29) is 42.7 Å². The molecule has 260 valence electrons. The van der Waals surface area contributed by atoms with Crippen LogP contribution in [0.3, 0.4) is 0 Å². The number of amides is 3. The largest absolute Gasteiger partial charge is 0.482 e. The van der Waals surface area contributed by atoms with Crippen LogP contribution in [0.25, 0.3) is 5.65 Å². The molecule has 11 nitrogen and oxygen atoms in total. The number of anilines is 1. The zero-order chi connectivity index (χ0) is 34.8. The number of nitrogens with zero attached hydrogens (tertiary/aromatic N) is 3. The van der Waals surface area contributed by atoms with Crippen molar-refractivity contribution in [2.75, 3.05) is 18.5 Å². The number of hydrogen-bond donors (Lipinski definition) is 4. The van der Waals surface area contributed by atoms with E-state index in [1.165, 1.54) is 25.7 Å². The van der Waals surface area contributed by atoms with Crippen molar-refractivity contribution >= 4 is 40.7 Å². The summed E-state index contributed by atoms with van der Waals surface area (Å²) in [5.41, 5.74) is 0.159. The van der Waals surface area contributed by atoms with Crippen LogP contribution in [0.2, 0.25) is 5.02 Å². The molecule has 3 aromatic rings. The topological polar surface area (TPSA) is 143 Å². The predicted octanol–water partition coefficient (Wildman–Crippen LogP) is 6.85. The molecule has 2 aromatic heterocycles. The first-order valence-corrected chi connectivity index (χ1v) is 17.2. The van der Waals surface area contributed by atoms with Gasteiger partial charge >= 0.3 is 0 Å². The van der Waals surface area contributed by atoms with Gasteiger partial charge in [-0.15, -0.1) is 10.2 Å². The molecule has 0 aliphatic heterocycles. The highest BCUT2D eigenvalue weighted by Crippen LogP contribution is 2.37. The smallest absolute Gasteiger partial charge is 0.258 e. The van der Waals surface area contributed by atoms with Gasteiger partial charge in [-0.2, -0.15) is 0 Å². The maximum atomic E-state index is 13.2. The third-order valence-corrected chi connectivity index (χ3v) is 9.19. The summed E-state index contributed by atoms with van der Waals surface area (Å²) in [5, 5.41) is 21.4. The Bertz CT molecular complexity index is 1500. The molecule has 0 aliphatic rings.